The third-order valence-corrected chi connectivity index (χ3v) is 6.35. The lowest BCUT2D eigenvalue weighted by atomic mass is 9.99. The molecule has 6 nitrogen and oxygen atoms in total. The Hall–Kier alpha value is -2.73. The number of carbonyl (C=O) groups excluding carboxylic acids is 1. The van der Waals surface area contributed by atoms with Gasteiger partial charge in [-0.1, -0.05) is 30.3 Å². The van der Waals surface area contributed by atoms with Crippen LogP contribution in [0.5, 0.6) is 0 Å². The molecule has 0 amide bonds. The summed E-state index contributed by atoms with van der Waals surface area (Å²) in [6.07, 6.45) is 4.57. The predicted octanol–water partition coefficient (Wildman–Crippen LogP) is 4.28. The molecule has 2 saturated heterocycles. The van der Waals surface area contributed by atoms with Crippen molar-refractivity contribution in [3.63, 3.8) is 0 Å². The van der Waals surface area contributed by atoms with Crippen LogP contribution in [0.2, 0.25) is 0 Å². The molecular weight excluding hydrogens is 366 g/mol. The molecule has 1 atom stereocenters. The molecule has 0 saturated carbocycles. The molecule has 152 valence electrons. The van der Waals surface area contributed by atoms with Crippen molar-refractivity contribution in [1.82, 2.24) is 4.90 Å². The first kappa shape index (κ1) is 19.6. The van der Waals surface area contributed by atoms with E-state index in [1.54, 1.807) is 36.4 Å². The van der Waals surface area contributed by atoms with Gasteiger partial charge in [-0.2, -0.15) is 0 Å². The number of nitro groups is 1. The van der Waals surface area contributed by atoms with Crippen LogP contribution in [-0.2, 0) is 0 Å². The van der Waals surface area contributed by atoms with Crippen LogP contribution in [0.3, 0.4) is 0 Å². The van der Waals surface area contributed by atoms with Crippen LogP contribution in [0.4, 0.5) is 11.4 Å². The van der Waals surface area contributed by atoms with Crippen LogP contribution >= 0.6 is 0 Å². The molecule has 29 heavy (non-hydrogen) atoms. The highest BCUT2D eigenvalue weighted by molar-refractivity contribution is 6.09. The summed E-state index contributed by atoms with van der Waals surface area (Å²) in [7, 11) is 0. The second-order valence-electron chi connectivity index (χ2n) is 8.10. The third-order valence-electron chi connectivity index (χ3n) is 6.35. The molecule has 1 unspecified atom stereocenters. The number of hydrogen-bond acceptors (Lipinski definition) is 5. The lowest BCUT2D eigenvalue weighted by molar-refractivity contribution is -0.384. The van der Waals surface area contributed by atoms with Crippen LogP contribution in [-0.4, -0.2) is 47.3 Å². The monoisotopic (exact) mass is 393 g/mol. The second-order valence-corrected chi connectivity index (χ2v) is 8.10. The van der Waals surface area contributed by atoms with Crippen molar-refractivity contribution >= 4 is 17.2 Å². The molecule has 2 aliphatic rings. The molecule has 0 spiro atoms. The standard InChI is InChI=1S/C23H27N3O3/c1-17-6-5-13-25(17)20-11-14-24(15-12-20)21-10-9-19(16-22(21)26(28)29)23(27)18-7-3-2-4-8-18/h2-4,7-10,16-17,20H,5-6,11-15H2,1H3. The molecular formula is C23H27N3O3. The van der Waals surface area contributed by atoms with Gasteiger partial charge in [-0.25, -0.2) is 0 Å². The van der Waals surface area contributed by atoms with Crippen molar-refractivity contribution in [2.75, 3.05) is 24.5 Å². The van der Waals surface area contributed by atoms with Crippen molar-refractivity contribution in [2.24, 2.45) is 0 Å². The van der Waals surface area contributed by atoms with E-state index < -0.39 is 0 Å². The zero-order valence-electron chi connectivity index (χ0n) is 16.8. The third kappa shape index (κ3) is 4.03. The average Bonchev–Trinajstić information content (AvgIpc) is 3.19. The highest BCUT2D eigenvalue weighted by atomic mass is 16.6. The molecule has 0 aliphatic carbocycles. The normalized spacial score (nSPS) is 20.7. The number of piperidine rings is 1. The van der Waals surface area contributed by atoms with Crippen LogP contribution in [0, 0.1) is 10.1 Å². The summed E-state index contributed by atoms with van der Waals surface area (Å²) >= 11 is 0. The molecule has 2 aromatic rings. The number of likely N-dealkylation sites (tertiary alicyclic amines) is 1. The SMILES string of the molecule is CC1CCCN1C1CCN(c2ccc(C(=O)c3ccccc3)cc2[N+](=O)[O-])CC1. The maximum atomic E-state index is 12.7. The molecule has 0 radical (unpaired) electrons. The highest BCUT2D eigenvalue weighted by Gasteiger charge is 2.32. The second kappa shape index (κ2) is 8.33. The van der Waals surface area contributed by atoms with Crippen LogP contribution < -0.4 is 4.90 Å². The zero-order chi connectivity index (χ0) is 20.4. The molecule has 2 aromatic carbocycles. The van der Waals surface area contributed by atoms with Gasteiger partial charge < -0.3 is 4.90 Å². The van der Waals surface area contributed by atoms with Gasteiger partial charge in [0.1, 0.15) is 5.69 Å². The Balaban J connectivity index is 1.52. The number of rotatable bonds is 5. The first-order chi connectivity index (χ1) is 14.0. The number of nitrogens with zero attached hydrogens (tertiary/aromatic N) is 3. The van der Waals surface area contributed by atoms with Crippen molar-refractivity contribution in [3.8, 4) is 0 Å². The van der Waals surface area contributed by atoms with E-state index >= 15 is 0 Å². The summed E-state index contributed by atoms with van der Waals surface area (Å²) in [5, 5.41) is 11.8. The summed E-state index contributed by atoms with van der Waals surface area (Å²) in [6.45, 7) is 5.08. The van der Waals surface area contributed by atoms with Crippen LogP contribution in [0.25, 0.3) is 0 Å². The lowest BCUT2D eigenvalue weighted by Crippen LogP contribution is -2.46. The van der Waals surface area contributed by atoms with Crippen molar-refractivity contribution < 1.29 is 9.72 Å². The molecule has 0 bridgehead atoms. The Morgan fingerprint density at radius 1 is 1.00 bits per heavy atom. The molecule has 0 aromatic heterocycles. The minimum Gasteiger partial charge on any atom is -0.366 e. The van der Waals surface area contributed by atoms with E-state index in [9.17, 15) is 14.9 Å². The van der Waals surface area contributed by atoms with Crippen molar-refractivity contribution in [2.45, 2.75) is 44.7 Å². The first-order valence-corrected chi connectivity index (χ1v) is 10.4. The summed E-state index contributed by atoms with van der Waals surface area (Å²) in [5.74, 6) is -0.193. The van der Waals surface area contributed by atoms with Crippen LogP contribution in [0.15, 0.2) is 48.5 Å². The van der Waals surface area contributed by atoms with Crippen molar-refractivity contribution in [3.05, 3.63) is 69.8 Å². The molecule has 4 rings (SSSR count). The van der Waals surface area contributed by atoms with Gasteiger partial charge in [0, 0.05) is 42.4 Å². The molecule has 0 N–H and O–H groups in total. The van der Waals surface area contributed by atoms with E-state index in [-0.39, 0.29) is 16.4 Å². The number of nitro benzene ring substituents is 1. The molecule has 2 aliphatic heterocycles. The van der Waals surface area contributed by atoms with E-state index in [2.05, 4.69) is 16.7 Å². The van der Waals surface area contributed by atoms with E-state index in [0.29, 0.717) is 28.9 Å². The summed E-state index contributed by atoms with van der Waals surface area (Å²) in [5.41, 5.74) is 1.52. The van der Waals surface area contributed by atoms with Gasteiger partial charge in [-0.05, 0) is 51.3 Å². The minimum atomic E-state index is -0.369. The van der Waals surface area contributed by atoms with Gasteiger partial charge in [0.2, 0.25) is 0 Å². The van der Waals surface area contributed by atoms with Crippen LogP contribution in [0.1, 0.15) is 48.5 Å². The number of hydrogen-bond donors (Lipinski definition) is 0. The topological polar surface area (TPSA) is 66.7 Å². The quantitative estimate of drug-likeness (QED) is 0.431. The number of ketones is 1. The number of benzene rings is 2. The maximum absolute atomic E-state index is 12.7. The Morgan fingerprint density at radius 3 is 2.34 bits per heavy atom. The predicted molar refractivity (Wildman–Crippen MR) is 114 cm³/mol. The van der Waals surface area contributed by atoms with Crippen molar-refractivity contribution in [1.29, 1.82) is 0 Å². The average molecular weight is 393 g/mol. The molecule has 2 heterocycles. The fourth-order valence-electron chi connectivity index (χ4n) is 4.77. The highest BCUT2D eigenvalue weighted by Crippen LogP contribution is 2.34. The Morgan fingerprint density at radius 2 is 1.72 bits per heavy atom. The van der Waals surface area contributed by atoms with E-state index in [4.69, 9.17) is 0 Å². The molecule has 6 heteroatoms. The minimum absolute atomic E-state index is 0.0137. The number of anilines is 1. The fraction of sp³-hybridized carbons (Fsp3) is 0.435. The Labute approximate surface area is 171 Å². The first-order valence-electron chi connectivity index (χ1n) is 10.4. The summed E-state index contributed by atoms with van der Waals surface area (Å²) < 4.78 is 0. The van der Waals surface area contributed by atoms with Gasteiger partial charge in [0.15, 0.2) is 5.78 Å². The van der Waals surface area contributed by atoms with E-state index in [1.807, 2.05) is 6.07 Å². The fourth-order valence-corrected chi connectivity index (χ4v) is 4.77. The van der Waals surface area contributed by atoms with Gasteiger partial charge in [-0.15, -0.1) is 0 Å². The smallest absolute Gasteiger partial charge is 0.293 e. The zero-order valence-corrected chi connectivity index (χ0v) is 16.8. The van der Waals surface area contributed by atoms with E-state index in [1.165, 1.54) is 25.5 Å². The van der Waals surface area contributed by atoms with Gasteiger partial charge in [-0.3, -0.25) is 19.8 Å². The Kier molecular flexibility index (Phi) is 5.62. The van der Waals surface area contributed by atoms with Gasteiger partial charge in [0.25, 0.3) is 5.69 Å². The summed E-state index contributed by atoms with van der Waals surface area (Å²) in [6, 6.07) is 15.0. The molecule has 2 fully saturated rings. The van der Waals surface area contributed by atoms with E-state index in [0.717, 1.165) is 25.9 Å². The van der Waals surface area contributed by atoms with Gasteiger partial charge >= 0.3 is 0 Å². The Bertz CT molecular complexity index is 891. The summed E-state index contributed by atoms with van der Waals surface area (Å²) in [4.78, 5) is 28.8. The lowest BCUT2D eigenvalue weighted by Gasteiger charge is -2.39. The largest absolute Gasteiger partial charge is 0.366 e. The van der Waals surface area contributed by atoms with Gasteiger partial charge in [0.05, 0.1) is 4.92 Å². The number of carbonyl (C=O) groups is 1. The maximum Gasteiger partial charge on any atom is 0.293 e.